The average Bonchev–Trinajstić information content (AvgIpc) is 3.35. The van der Waals surface area contributed by atoms with E-state index in [0.717, 1.165) is 23.9 Å². The highest BCUT2D eigenvalue weighted by Gasteiger charge is 2.30. The number of Topliss-reactive ketones (excluding diaryl/α,β-unsaturated/α-hetero) is 1. The molecule has 1 aromatic carbocycles. The fraction of sp³-hybridized carbons (Fsp3) is 0.611. The summed E-state index contributed by atoms with van der Waals surface area (Å²) in [7, 11) is 0. The molecule has 0 bridgehead atoms. The van der Waals surface area contributed by atoms with E-state index in [9.17, 15) is 4.79 Å². The van der Waals surface area contributed by atoms with Crippen molar-refractivity contribution in [3.8, 4) is 0 Å². The quantitative estimate of drug-likeness (QED) is 0.673. The molecule has 0 aromatic heterocycles. The number of rotatable bonds is 8. The molecule has 0 aliphatic heterocycles. The van der Waals surface area contributed by atoms with Crippen LogP contribution in [0.3, 0.4) is 0 Å². The summed E-state index contributed by atoms with van der Waals surface area (Å²) in [6.45, 7) is 5.44. The van der Waals surface area contributed by atoms with Gasteiger partial charge in [-0.25, -0.2) is 0 Å². The average molecular weight is 271 g/mol. The molecule has 2 heteroatoms. The normalized spacial score (nSPS) is 20.1. The fourth-order valence-corrected chi connectivity index (χ4v) is 2.91. The number of hydrogen-bond donors (Lipinski definition) is 0. The van der Waals surface area contributed by atoms with Gasteiger partial charge in [0.05, 0.1) is 0 Å². The van der Waals surface area contributed by atoms with E-state index in [1.165, 1.54) is 38.8 Å². The molecule has 0 N–H and O–H groups in total. The van der Waals surface area contributed by atoms with Crippen molar-refractivity contribution in [2.24, 2.45) is 17.8 Å². The number of carbonyl (C=O) groups excluding carboxylic acids is 1. The van der Waals surface area contributed by atoms with E-state index >= 15 is 0 Å². The number of carbonyl (C=O) groups is 1. The third kappa shape index (κ3) is 3.92. The summed E-state index contributed by atoms with van der Waals surface area (Å²) < 4.78 is 0. The molecule has 1 unspecified atom stereocenters. The summed E-state index contributed by atoms with van der Waals surface area (Å²) in [5.41, 5.74) is 0.859. The Morgan fingerprint density at radius 2 is 1.65 bits per heavy atom. The van der Waals surface area contributed by atoms with Gasteiger partial charge in [-0.1, -0.05) is 37.3 Å². The zero-order chi connectivity index (χ0) is 13.9. The maximum Gasteiger partial charge on any atom is 0.166 e. The Morgan fingerprint density at radius 1 is 1.10 bits per heavy atom. The molecule has 1 atom stereocenters. The lowest BCUT2D eigenvalue weighted by Gasteiger charge is -2.25. The summed E-state index contributed by atoms with van der Waals surface area (Å²) >= 11 is 0. The highest BCUT2D eigenvalue weighted by molar-refractivity contribution is 5.97. The van der Waals surface area contributed by atoms with Crippen molar-refractivity contribution >= 4 is 5.78 Å². The SMILES string of the molecule is CC(CN(CC1CC1)CC1CC1)C(=O)c1ccccc1. The van der Waals surface area contributed by atoms with Crippen LogP contribution in [0.15, 0.2) is 30.3 Å². The van der Waals surface area contributed by atoms with Gasteiger partial charge in [0.1, 0.15) is 0 Å². The van der Waals surface area contributed by atoms with Crippen LogP contribution in [0, 0.1) is 17.8 Å². The van der Waals surface area contributed by atoms with Crippen LogP contribution in [0.25, 0.3) is 0 Å². The molecule has 20 heavy (non-hydrogen) atoms. The molecule has 0 heterocycles. The number of hydrogen-bond acceptors (Lipinski definition) is 2. The molecule has 0 spiro atoms. The van der Waals surface area contributed by atoms with E-state index in [-0.39, 0.29) is 5.92 Å². The number of nitrogens with zero attached hydrogens (tertiary/aromatic N) is 1. The first-order valence-corrected chi connectivity index (χ1v) is 8.04. The Balaban J connectivity index is 1.56. The standard InChI is InChI=1S/C18H25NO/c1-14(18(20)17-5-3-2-4-6-17)11-19(12-15-7-8-15)13-16-9-10-16/h2-6,14-16H,7-13H2,1H3. The number of benzene rings is 1. The molecule has 1 aromatic rings. The lowest BCUT2D eigenvalue weighted by Crippen LogP contribution is -2.35. The van der Waals surface area contributed by atoms with Crippen molar-refractivity contribution in [2.45, 2.75) is 32.6 Å². The fourth-order valence-electron chi connectivity index (χ4n) is 2.91. The predicted molar refractivity (Wildman–Crippen MR) is 81.8 cm³/mol. The third-order valence-corrected chi connectivity index (χ3v) is 4.46. The van der Waals surface area contributed by atoms with Crippen molar-refractivity contribution in [2.75, 3.05) is 19.6 Å². The van der Waals surface area contributed by atoms with Crippen LogP contribution in [-0.4, -0.2) is 30.3 Å². The molecule has 2 nitrogen and oxygen atoms in total. The minimum atomic E-state index is 0.106. The molecule has 0 amide bonds. The van der Waals surface area contributed by atoms with Crippen LogP contribution < -0.4 is 0 Å². The van der Waals surface area contributed by atoms with E-state index < -0.39 is 0 Å². The van der Waals surface area contributed by atoms with Crippen molar-refractivity contribution < 1.29 is 4.79 Å². The monoisotopic (exact) mass is 271 g/mol. The molecular formula is C18H25NO. The first-order valence-electron chi connectivity index (χ1n) is 8.04. The van der Waals surface area contributed by atoms with Gasteiger partial charge in [0.25, 0.3) is 0 Å². The van der Waals surface area contributed by atoms with Crippen LogP contribution in [-0.2, 0) is 0 Å². The second-order valence-electron chi connectivity index (χ2n) is 6.74. The van der Waals surface area contributed by atoms with Gasteiger partial charge in [0, 0.05) is 31.1 Å². The molecule has 0 saturated heterocycles. The van der Waals surface area contributed by atoms with Crippen LogP contribution >= 0.6 is 0 Å². The summed E-state index contributed by atoms with van der Waals surface area (Å²) in [4.78, 5) is 15.0. The zero-order valence-corrected chi connectivity index (χ0v) is 12.4. The molecule has 0 radical (unpaired) electrons. The predicted octanol–water partition coefficient (Wildman–Crippen LogP) is 3.63. The minimum Gasteiger partial charge on any atom is -0.302 e. The van der Waals surface area contributed by atoms with Crippen molar-refractivity contribution in [1.82, 2.24) is 4.90 Å². The Kier molecular flexibility index (Phi) is 4.21. The summed E-state index contributed by atoms with van der Waals surface area (Å²) in [5, 5.41) is 0. The van der Waals surface area contributed by atoms with Gasteiger partial charge in [-0.3, -0.25) is 4.79 Å². The lowest BCUT2D eigenvalue weighted by atomic mass is 9.98. The topological polar surface area (TPSA) is 20.3 Å². The molecule has 2 aliphatic rings. The van der Waals surface area contributed by atoms with E-state index in [1.54, 1.807) is 0 Å². The van der Waals surface area contributed by atoms with Gasteiger partial charge in [-0.05, 0) is 37.5 Å². The zero-order valence-electron chi connectivity index (χ0n) is 12.4. The molecule has 108 valence electrons. The summed E-state index contributed by atoms with van der Waals surface area (Å²) in [6.07, 6.45) is 5.56. The summed E-state index contributed by atoms with van der Waals surface area (Å²) in [6, 6.07) is 9.74. The maximum atomic E-state index is 12.5. The maximum absolute atomic E-state index is 12.5. The van der Waals surface area contributed by atoms with E-state index in [0.29, 0.717) is 5.78 Å². The summed E-state index contributed by atoms with van der Waals surface area (Å²) in [5.74, 6) is 2.22. The molecule has 2 saturated carbocycles. The van der Waals surface area contributed by atoms with E-state index in [1.807, 2.05) is 30.3 Å². The van der Waals surface area contributed by atoms with Crippen LogP contribution in [0.2, 0.25) is 0 Å². The lowest BCUT2D eigenvalue weighted by molar-refractivity contribution is 0.0888. The first kappa shape index (κ1) is 13.8. The Bertz CT molecular complexity index is 434. The van der Waals surface area contributed by atoms with Crippen LogP contribution in [0.5, 0.6) is 0 Å². The Hall–Kier alpha value is -1.15. The van der Waals surface area contributed by atoms with Crippen LogP contribution in [0.4, 0.5) is 0 Å². The highest BCUT2D eigenvalue weighted by Crippen LogP contribution is 2.34. The molecule has 2 aliphatic carbocycles. The number of ketones is 1. The molecule has 2 fully saturated rings. The van der Waals surface area contributed by atoms with Gasteiger partial charge in [-0.15, -0.1) is 0 Å². The van der Waals surface area contributed by atoms with Gasteiger partial charge in [-0.2, -0.15) is 0 Å². The van der Waals surface area contributed by atoms with Gasteiger partial charge in [0.2, 0.25) is 0 Å². The molecular weight excluding hydrogens is 246 g/mol. The van der Waals surface area contributed by atoms with Gasteiger partial charge >= 0.3 is 0 Å². The van der Waals surface area contributed by atoms with Crippen molar-refractivity contribution in [3.63, 3.8) is 0 Å². The van der Waals surface area contributed by atoms with Crippen LogP contribution in [0.1, 0.15) is 43.0 Å². The van der Waals surface area contributed by atoms with Gasteiger partial charge < -0.3 is 4.90 Å². The smallest absolute Gasteiger partial charge is 0.166 e. The Morgan fingerprint density at radius 3 is 2.15 bits per heavy atom. The highest BCUT2D eigenvalue weighted by atomic mass is 16.1. The van der Waals surface area contributed by atoms with Gasteiger partial charge in [0.15, 0.2) is 5.78 Å². The second-order valence-corrected chi connectivity index (χ2v) is 6.74. The second kappa shape index (κ2) is 6.09. The minimum absolute atomic E-state index is 0.106. The third-order valence-electron chi connectivity index (χ3n) is 4.46. The Labute approximate surface area is 122 Å². The van der Waals surface area contributed by atoms with E-state index in [4.69, 9.17) is 0 Å². The van der Waals surface area contributed by atoms with Crippen molar-refractivity contribution in [1.29, 1.82) is 0 Å². The largest absolute Gasteiger partial charge is 0.302 e. The first-order chi connectivity index (χ1) is 9.72. The van der Waals surface area contributed by atoms with Crippen molar-refractivity contribution in [3.05, 3.63) is 35.9 Å². The van der Waals surface area contributed by atoms with E-state index in [2.05, 4.69) is 11.8 Å². The molecule has 3 rings (SSSR count).